The lowest BCUT2D eigenvalue weighted by atomic mass is 9.74. The zero-order valence-electron chi connectivity index (χ0n) is 18.3. The van der Waals surface area contributed by atoms with Crippen LogP contribution in [-0.4, -0.2) is 62.8 Å². The van der Waals surface area contributed by atoms with Crippen molar-refractivity contribution in [2.45, 2.75) is 44.9 Å². The highest BCUT2D eigenvalue weighted by Gasteiger charge is 2.35. The molecule has 0 atom stereocenters. The highest BCUT2D eigenvalue weighted by Crippen LogP contribution is 2.35. The largest absolute Gasteiger partial charge is 0.466 e. The number of rotatable bonds is 6. The van der Waals surface area contributed by atoms with Crippen LogP contribution in [0, 0.1) is 5.92 Å². The molecule has 0 saturated carbocycles. The van der Waals surface area contributed by atoms with E-state index in [1.807, 2.05) is 6.92 Å². The van der Waals surface area contributed by atoms with Crippen molar-refractivity contribution in [2.75, 3.05) is 46.0 Å². The van der Waals surface area contributed by atoms with Crippen molar-refractivity contribution in [2.24, 2.45) is 10.9 Å². The summed E-state index contributed by atoms with van der Waals surface area (Å²) in [6.07, 6.45) is 3.62. The molecule has 3 rings (SSSR count). The molecule has 0 spiro atoms. The maximum atomic E-state index is 12.0. The van der Waals surface area contributed by atoms with Crippen molar-refractivity contribution in [3.63, 3.8) is 0 Å². The summed E-state index contributed by atoms with van der Waals surface area (Å²) < 4.78 is 10.9. The molecule has 0 bridgehead atoms. The van der Waals surface area contributed by atoms with Crippen LogP contribution in [0.3, 0.4) is 0 Å². The van der Waals surface area contributed by atoms with Crippen molar-refractivity contribution < 1.29 is 14.3 Å². The van der Waals surface area contributed by atoms with E-state index < -0.39 is 0 Å². The molecule has 7 heteroatoms. The molecular formula is C23H36IN3O3. The maximum absolute atomic E-state index is 12.0. The Balaban J connectivity index is 0.00000320. The number of hydrogen-bond acceptors (Lipinski definition) is 4. The molecule has 1 aromatic carbocycles. The third-order valence-corrected chi connectivity index (χ3v) is 6.12. The Morgan fingerprint density at radius 3 is 2.47 bits per heavy atom. The van der Waals surface area contributed by atoms with E-state index in [2.05, 4.69) is 47.5 Å². The van der Waals surface area contributed by atoms with Gasteiger partial charge in [0.15, 0.2) is 5.96 Å². The van der Waals surface area contributed by atoms with Crippen molar-refractivity contribution in [3.8, 4) is 0 Å². The molecule has 168 valence electrons. The van der Waals surface area contributed by atoms with Crippen molar-refractivity contribution >= 4 is 35.9 Å². The predicted molar refractivity (Wildman–Crippen MR) is 130 cm³/mol. The molecule has 0 amide bonds. The third-order valence-electron chi connectivity index (χ3n) is 6.12. The lowest BCUT2D eigenvalue weighted by molar-refractivity contribution is -0.149. The third kappa shape index (κ3) is 6.33. The SMILES string of the molecule is CCNC(=NCC1(c2ccccc2)CCOCC1)N1CCC(C(=O)OCC)CC1.I. The van der Waals surface area contributed by atoms with E-state index in [0.717, 1.165) is 71.0 Å². The zero-order valence-corrected chi connectivity index (χ0v) is 20.6. The van der Waals surface area contributed by atoms with Crippen LogP contribution in [-0.2, 0) is 19.7 Å². The zero-order chi connectivity index (χ0) is 20.5. The van der Waals surface area contributed by atoms with E-state index in [0.29, 0.717) is 6.61 Å². The first-order valence-corrected chi connectivity index (χ1v) is 11.0. The van der Waals surface area contributed by atoms with Crippen LogP contribution in [0.25, 0.3) is 0 Å². The Labute approximate surface area is 197 Å². The van der Waals surface area contributed by atoms with E-state index in [1.54, 1.807) is 0 Å². The average molecular weight is 529 g/mol. The fraction of sp³-hybridized carbons (Fsp3) is 0.652. The van der Waals surface area contributed by atoms with E-state index >= 15 is 0 Å². The number of halogens is 1. The number of aliphatic imine (C=N–C) groups is 1. The van der Waals surface area contributed by atoms with Crippen LogP contribution in [0.5, 0.6) is 0 Å². The van der Waals surface area contributed by atoms with E-state index in [4.69, 9.17) is 14.5 Å². The van der Waals surface area contributed by atoms with Gasteiger partial charge in [-0.25, -0.2) is 0 Å². The highest BCUT2D eigenvalue weighted by molar-refractivity contribution is 14.0. The first kappa shape index (κ1) is 24.9. The van der Waals surface area contributed by atoms with Gasteiger partial charge >= 0.3 is 5.97 Å². The van der Waals surface area contributed by atoms with Gasteiger partial charge in [0.1, 0.15) is 0 Å². The summed E-state index contributed by atoms with van der Waals surface area (Å²) in [4.78, 5) is 19.4. The number of hydrogen-bond donors (Lipinski definition) is 1. The summed E-state index contributed by atoms with van der Waals surface area (Å²) in [7, 11) is 0. The van der Waals surface area contributed by atoms with Gasteiger partial charge in [0.05, 0.1) is 19.1 Å². The fourth-order valence-electron chi connectivity index (χ4n) is 4.33. The molecule has 6 nitrogen and oxygen atoms in total. The minimum Gasteiger partial charge on any atom is -0.466 e. The Morgan fingerprint density at radius 1 is 1.20 bits per heavy atom. The van der Waals surface area contributed by atoms with Gasteiger partial charge in [0.2, 0.25) is 0 Å². The maximum Gasteiger partial charge on any atom is 0.309 e. The number of nitrogens with zero attached hydrogens (tertiary/aromatic N) is 2. The number of carbonyl (C=O) groups is 1. The summed E-state index contributed by atoms with van der Waals surface area (Å²) in [5.41, 5.74) is 1.38. The van der Waals surface area contributed by atoms with Crippen LogP contribution in [0.15, 0.2) is 35.3 Å². The lowest BCUT2D eigenvalue weighted by Crippen LogP contribution is -2.47. The summed E-state index contributed by atoms with van der Waals surface area (Å²) in [6.45, 7) is 9.22. The quantitative estimate of drug-likeness (QED) is 0.264. The Bertz CT molecular complexity index is 670. The fourth-order valence-corrected chi connectivity index (χ4v) is 4.33. The minimum atomic E-state index is -0.0562. The van der Waals surface area contributed by atoms with Crippen molar-refractivity contribution in [3.05, 3.63) is 35.9 Å². The monoisotopic (exact) mass is 529 g/mol. The standard InChI is InChI=1S/C23H35N3O3.HI/c1-3-24-22(26-14-10-19(11-15-26)21(27)29-4-2)25-18-23(12-16-28-17-13-23)20-8-6-5-7-9-20;/h5-9,19H,3-4,10-18H2,1-2H3,(H,24,25);1H. The molecular weight excluding hydrogens is 493 g/mol. The van der Waals surface area contributed by atoms with Gasteiger partial charge in [0, 0.05) is 38.3 Å². The lowest BCUT2D eigenvalue weighted by Gasteiger charge is -2.38. The summed E-state index contributed by atoms with van der Waals surface area (Å²) >= 11 is 0. The van der Waals surface area contributed by atoms with Crippen LogP contribution in [0.4, 0.5) is 0 Å². The molecule has 2 heterocycles. The second-order valence-corrected chi connectivity index (χ2v) is 7.94. The Morgan fingerprint density at radius 2 is 1.87 bits per heavy atom. The number of piperidine rings is 1. The van der Waals surface area contributed by atoms with Crippen LogP contribution in [0.2, 0.25) is 0 Å². The van der Waals surface area contributed by atoms with Crippen LogP contribution in [0.1, 0.15) is 45.1 Å². The number of ether oxygens (including phenoxy) is 2. The topological polar surface area (TPSA) is 63.2 Å². The van der Waals surface area contributed by atoms with Gasteiger partial charge in [-0.15, -0.1) is 24.0 Å². The van der Waals surface area contributed by atoms with E-state index in [-0.39, 0.29) is 41.3 Å². The Hall–Kier alpha value is -1.35. The van der Waals surface area contributed by atoms with Crippen molar-refractivity contribution in [1.82, 2.24) is 10.2 Å². The van der Waals surface area contributed by atoms with Crippen molar-refractivity contribution in [1.29, 1.82) is 0 Å². The van der Waals surface area contributed by atoms with Gasteiger partial charge in [-0.1, -0.05) is 30.3 Å². The molecule has 2 aliphatic heterocycles. The summed E-state index contributed by atoms with van der Waals surface area (Å²) in [5.74, 6) is 0.913. The normalized spacial score (nSPS) is 19.7. The number of esters is 1. The Kier molecular flexibility index (Phi) is 10.4. The van der Waals surface area contributed by atoms with Gasteiger partial charge < -0.3 is 19.7 Å². The number of likely N-dealkylation sites (tertiary alicyclic amines) is 1. The molecule has 1 N–H and O–H groups in total. The van der Waals surface area contributed by atoms with E-state index in [1.165, 1.54) is 5.56 Å². The summed E-state index contributed by atoms with van der Waals surface area (Å²) in [5, 5.41) is 3.46. The van der Waals surface area contributed by atoms with Gasteiger partial charge in [0.25, 0.3) is 0 Å². The number of guanidine groups is 1. The minimum absolute atomic E-state index is 0. The number of nitrogens with one attached hydrogen (secondary N) is 1. The molecule has 0 unspecified atom stereocenters. The van der Waals surface area contributed by atoms with Gasteiger partial charge in [-0.05, 0) is 45.1 Å². The molecule has 0 radical (unpaired) electrons. The molecule has 30 heavy (non-hydrogen) atoms. The molecule has 2 aliphatic rings. The molecule has 2 fully saturated rings. The predicted octanol–water partition coefficient (Wildman–Crippen LogP) is 3.59. The first-order chi connectivity index (χ1) is 14.2. The molecule has 2 saturated heterocycles. The second-order valence-electron chi connectivity index (χ2n) is 7.94. The second kappa shape index (κ2) is 12.5. The smallest absolute Gasteiger partial charge is 0.309 e. The molecule has 1 aromatic rings. The first-order valence-electron chi connectivity index (χ1n) is 11.0. The van der Waals surface area contributed by atoms with E-state index in [9.17, 15) is 4.79 Å². The van der Waals surface area contributed by atoms with Gasteiger partial charge in [-0.2, -0.15) is 0 Å². The molecule has 0 aromatic heterocycles. The summed E-state index contributed by atoms with van der Waals surface area (Å²) in [6, 6.07) is 10.7. The number of carbonyl (C=O) groups excluding carboxylic acids is 1. The molecule has 0 aliphatic carbocycles. The number of benzene rings is 1. The average Bonchev–Trinajstić information content (AvgIpc) is 2.78. The van der Waals surface area contributed by atoms with Crippen LogP contribution < -0.4 is 5.32 Å². The van der Waals surface area contributed by atoms with Gasteiger partial charge in [-0.3, -0.25) is 9.79 Å². The van der Waals surface area contributed by atoms with Crippen LogP contribution >= 0.6 is 24.0 Å². The highest BCUT2D eigenvalue weighted by atomic mass is 127.